The van der Waals surface area contributed by atoms with Crippen molar-refractivity contribution in [1.82, 2.24) is 14.5 Å². The summed E-state index contributed by atoms with van der Waals surface area (Å²) in [6, 6.07) is 59.2. The maximum Gasteiger partial charge on any atom is 0.235 e. The van der Waals surface area contributed by atoms with Gasteiger partial charge in [0.1, 0.15) is 0 Å². The van der Waals surface area contributed by atoms with E-state index in [4.69, 9.17) is 9.97 Å². The Morgan fingerprint density at radius 2 is 1.10 bits per heavy atom. The summed E-state index contributed by atoms with van der Waals surface area (Å²) in [6.07, 6.45) is 0. The van der Waals surface area contributed by atoms with E-state index in [9.17, 15) is 0 Å². The Morgan fingerprint density at radius 3 is 1.96 bits per heavy atom. The summed E-state index contributed by atoms with van der Waals surface area (Å²) in [7, 11) is 0. The third kappa shape index (κ3) is 3.79. The van der Waals surface area contributed by atoms with Crippen molar-refractivity contribution in [2.75, 3.05) is 0 Å². The summed E-state index contributed by atoms with van der Waals surface area (Å²) in [5.41, 5.74) is 7.59. The van der Waals surface area contributed by atoms with Crippen LogP contribution in [-0.2, 0) is 0 Å². The number of thiophene rings is 1. The maximum atomic E-state index is 5.68. The van der Waals surface area contributed by atoms with Gasteiger partial charge in [-0.15, -0.1) is 11.3 Å². The zero-order valence-electron chi connectivity index (χ0n) is 27.8. The normalized spacial score (nSPS) is 12.2. The fourth-order valence-corrected chi connectivity index (χ4v) is 9.90. The van der Waals surface area contributed by atoms with Crippen LogP contribution in [0.3, 0.4) is 0 Å². The van der Waals surface area contributed by atoms with Crippen molar-refractivity contribution in [3.63, 3.8) is 0 Å². The standard InChI is InChI=1S/C48H27N3S/c1-2-12-28(13-3-1)30-15-10-16-32(26-30)44-43-36-20-6-4-17-33(36)34-18-5-7-21-37(34)45(43)50-48(49-44)51-39-22-11-14-29-24-25-31-27-38-35-19-8-9-23-40(35)52-47(38)46(51)42(31)41(29)39/h1-27H. The minimum absolute atomic E-state index is 0.683. The van der Waals surface area contributed by atoms with E-state index < -0.39 is 0 Å². The number of rotatable bonds is 3. The molecule has 0 bridgehead atoms. The van der Waals surface area contributed by atoms with Gasteiger partial charge in [-0.25, -0.2) is 9.97 Å². The lowest BCUT2D eigenvalue weighted by Gasteiger charge is -2.16. The van der Waals surface area contributed by atoms with Gasteiger partial charge in [-0.2, -0.15) is 0 Å². The Hall–Kier alpha value is -6.62. The first-order chi connectivity index (χ1) is 25.8. The number of hydrogen-bond acceptors (Lipinski definition) is 3. The Balaban J connectivity index is 1.30. The first-order valence-corrected chi connectivity index (χ1v) is 18.5. The van der Waals surface area contributed by atoms with Gasteiger partial charge in [-0.05, 0) is 62.3 Å². The summed E-state index contributed by atoms with van der Waals surface area (Å²) in [5, 5.41) is 13.3. The molecule has 12 aromatic rings. The minimum Gasteiger partial charge on any atom is -0.276 e. The fraction of sp³-hybridized carbons (Fsp3) is 0. The molecule has 0 radical (unpaired) electrons. The Labute approximate surface area is 302 Å². The van der Waals surface area contributed by atoms with Crippen LogP contribution in [0.1, 0.15) is 0 Å². The van der Waals surface area contributed by atoms with Crippen LogP contribution in [0.15, 0.2) is 164 Å². The molecule has 0 aliphatic carbocycles. The molecule has 0 aliphatic heterocycles. The van der Waals surface area contributed by atoms with Gasteiger partial charge in [-0.3, -0.25) is 4.57 Å². The van der Waals surface area contributed by atoms with E-state index in [1.54, 1.807) is 0 Å². The molecule has 0 spiro atoms. The van der Waals surface area contributed by atoms with Crippen LogP contribution >= 0.6 is 11.3 Å². The summed E-state index contributed by atoms with van der Waals surface area (Å²) in [6.45, 7) is 0. The molecule has 3 aromatic heterocycles. The molecular formula is C48H27N3S. The number of fused-ring (bicyclic) bond motifs is 10. The molecule has 4 heteroatoms. The Morgan fingerprint density at radius 1 is 0.423 bits per heavy atom. The molecule has 0 saturated carbocycles. The second-order valence-electron chi connectivity index (χ2n) is 13.7. The molecule has 9 aromatic carbocycles. The molecule has 52 heavy (non-hydrogen) atoms. The lowest BCUT2D eigenvalue weighted by Crippen LogP contribution is -2.04. The lowest BCUT2D eigenvalue weighted by molar-refractivity contribution is 1.02. The van der Waals surface area contributed by atoms with Crippen molar-refractivity contribution in [3.8, 4) is 28.3 Å². The van der Waals surface area contributed by atoms with Gasteiger partial charge in [-0.1, -0.05) is 140 Å². The van der Waals surface area contributed by atoms with Crippen LogP contribution in [-0.4, -0.2) is 14.5 Å². The maximum absolute atomic E-state index is 5.68. The van der Waals surface area contributed by atoms with Gasteiger partial charge < -0.3 is 0 Å². The monoisotopic (exact) mass is 677 g/mol. The van der Waals surface area contributed by atoms with Gasteiger partial charge in [0, 0.05) is 42.6 Å². The van der Waals surface area contributed by atoms with Crippen LogP contribution in [0.25, 0.3) is 114 Å². The summed E-state index contributed by atoms with van der Waals surface area (Å²) in [5.74, 6) is 0.683. The molecule has 0 unspecified atom stereocenters. The second-order valence-corrected chi connectivity index (χ2v) is 14.8. The van der Waals surface area contributed by atoms with E-state index in [2.05, 4.69) is 168 Å². The van der Waals surface area contributed by atoms with Crippen LogP contribution in [0.5, 0.6) is 0 Å². The predicted octanol–water partition coefficient (Wildman–Crippen LogP) is 13.3. The van der Waals surface area contributed by atoms with Crippen LogP contribution < -0.4 is 0 Å². The van der Waals surface area contributed by atoms with Crippen molar-refractivity contribution in [2.24, 2.45) is 0 Å². The third-order valence-electron chi connectivity index (χ3n) is 10.9. The van der Waals surface area contributed by atoms with Gasteiger partial charge in [0.15, 0.2) is 0 Å². The van der Waals surface area contributed by atoms with E-state index in [0.29, 0.717) is 5.95 Å². The highest BCUT2D eigenvalue weighted by Gasteiger charge is 2.25. The molecule has 0 saturated heterocycles. The van der Waals surface area contributed by atoms with Crippen molar-refractivity contribution >= 4 is 96.5 Å². The van der Waals surface area contributed by atoms with Gasteiger partial charge in [0.05, 0.1) is 26.9 Å². The molecule has 0 N–H and O–H groups in total. The van der Waals surface area contributed by atoms with E-state index in [1.165, 1.54) is 63.6 Å². The van der Waals surface area contributed by atoms with E-state index in [1.807, 2.05) is 11.3 Å². The van der Waals surface area contributed by atoms with Gasteiger partial charge in [0.25, 0.3) is 0 Å². The van der Waals surface area contributed by atoms with E-state index in [0.717, 1.165) is 44.0 Å². The zero-order chi connectivity index (χ0) is 33.9. The highest BCUT2D eigenvalue weighted by atomic mass is 32.1. The topological polar surface area (TPSA) is 30.7 Å². The molecular weight excluding hydrogens is 651 g/mol. The third-order valence-corrected chi connectivity index (χ3v) is 12.1. The first kappa shape index (κ1) is 28.1. The fourth-order valence-electron chi connectivity index (χ4n) is 8.68. The minimum atomic E-state index is 0.683. The second kappa shape index (κ2) is 10.5. The van der Waals surface area contributed by atoms with Crippen LogP contribution in [0.4, 0.5) is 0 Å². The molecule has 0 amide bonds. The molecule has 0 atom stereocenters. The highest BCUT2D eigenvalue weighted by Crippen LogP contribution is 2.47. The summed E-state index contributed by atoms with van der Waals surface area (Å²) in [4.78, 5) is 11.3. The average molecular weight is 678 g/mol. The summed E-state index contributed by atoms with van der Waals surface area (Å²) < 4.78 is 4.90. The SMILES string of the molecule is c1ccc(-c2cccc(-c3nc(-n4c5cccc6ccc7cc8c9ccccc9sc8c4c7c65)nc4c5ccccc5c5ccccc5c34)c2)cc1. The smallest absolute Gasteiger partial charge is 0.235 e. The molecule has 3 nitrogen and oxygen atoms in total. The Bertz CT molecular complexity index is 3410. The van der Waals surface area contributed by atoms with Crippen molar-refractivity contribution in [2.45, 2.75) is 0 Å². The van der Waals surface area contributed by atoms with Gasteiger partial charge in [0.2, 0.25) is 5.95 Å². The first-order valence-electron chi connectivity index (χ1n) is 17.7. The Kier molecular flexibility index (Phi) is 5.65. The number of hydrogen-bond donors (Lipinski definition) is 0. The predicted molar refractivity (Wildman–Crippen MR) is 221 cm³/mol. The van der Waals surface area contributed by atoms with E-state index >= 15 is 0 Å². The van der Waals surface area contributed by atoms with Gasteiger partial charge >= 0.3 is 0 Å². The average Bonchev–Trinajstić information content (AvgIpc) is 3.77. The van der Waals surface area contributed by atoms with Crippen molar-refractivity contribution in [1.29, 1.82) is 0 Å². The lowest BCUT2D eigenvalue weighted by atomic mass is 9.93. The zero-order valence-corrected chi connectivity index (χ0v) is 28.7. The molecule has 0 fully saturated rings. The van der Waals surface area contributed by atoms with E-state index in [-0.39, 0.29) is 0 Å². The molecule has 0 aliphatic rings. The number of aromatic nitrogens is 3. The van der Waals surface area contributed by atoms with Crippen molar-refractivity contribution in [3.05, 3.63) is 164 Å². The van der Waals surface area contributed by atoms with Crippen molar-refractivity contribution < 1.29 is 0 Å². The highest BCUT2D eigenvalue weighted by molar-refractivity contribution is 7.26. The summed E-state index contributed by atoms with van der Waals surface area (Å²) >= 11 is 1.86. The number of nitrogens with zero attached hydrogens (tertiary/aromatic N) is 3. The number of benzene rings is 9. The van der Waals surface area contributed by atoms with Crippen LogP contribution in [0.2, 0.25) is 0 Å². The quantitative estimate of drug-likeness (QED) is 0.174. The largest absolute Gasteiger partial charge is 0.276 e. The van der Waals surface area contributed by atoms with Crippen LogP contribution in [0, 0.1) is 0 Å². The molecule has 240 valence electrons. The molecule has 12 rings (SSSR count). The molecule has 3 heterocycles.